The fraction of sp³-hybridized carbons (Fsp3) is 0.350. The van der Waals surface area contributed by atoms with Crippen molar-refractivity contribution in [2.24, 2.45) is 4.99 Å². The normalized spacial score (nSPS) is 18.2. The van der Waals surface area contributed by atoms with E-state index >= 15 is 0 Å². The number of amidine groups is 1. The van der Waals surface area contributed by atoms with E-state index in [0.29, 0.717) is 44.4 Å². The third kappa shape index (κ3) is 2.75. The molecule has 0 radical (unpaired) electrons. The summed E-state index contributed by atoms with van der Waals surface area (Å²) in [7, 11) is 0. The highest BCUT2D eigenvalue weighted by atomic mass is 16.5. The summed E-state index contributed by atoms with van der Waals surface area (Å²) >= 11 is 0. The van der Waals surface area contributed by atoms with Gasteiger partial charge in [-0.15, -0.1) is 0 Å². The van der Waals surface area contributed by atoms with E-state index in [1.54, 1.807) is 11.8 Å². The Morgan fingerprint density at radius 1 is 1.13 bits per heavy atom. The molecule has 0 saturated carbocycles. The van der Waals surface area contributed by atoms with Crippen molar-refractivity contribution in [1.29, 1.82) is 0 Å². The van der Waals surface area contributed by atoms with Crippen LogP contribution in [0.15, 0.2) is 35.6 Å². The molecule has 1 N–H and O–H groups in total. The Labute approximate surface area is 172 Å². The van der Waals surface area contributed by atoms with E-state index in [9.17, 15) is 14.7 Å². The maximum absolute atomic E-state index is 12.8. The Bertz CT molecular complexity index is 1050. The number of rotatable bonds is 5. The maximum Gasteiger partial charge on any atom is 0.326 e. The second-order valence-electron chi connectivity index (χ2n) is 7.22. The number of carbonyl (C=O) groups is 2. The lowest BCUT2D eigenvalue weighted by Crippen LogP contribution is -2.43. The lowest BCUT2D eigenvalue weighted by atomic mass is 10.1. The summed E-state index contributed by atoms with van der Waals surface area (Å²) in [5.74, 6) is 0.985. The number of aromatic nitrogens is 2. The quantitative estimate of drug-likeness (QED) is 0.804. The molecule has 10 nitrogen and oxygen atoms in total. The van der Waals surface area contributed by atoms with Gasteiger partial charge < -0.3 is 19.6 Å². The van der Waals surface area contributed by atoms with Gasteiger partial charge in [0.15, 0.2) is 11.7 Å². The average molecular weight is 408 g/mol. The average Bonchev–Trinajstić information content (AvgIpc) is 2.99. The SMILES string of the molecule is CCC(C(=O)O)N1CCN(c2ccc(N3CCOc4ncnc5c4C3=N5)cc2)C1=O. The van der Waals surface area contributed by atoms with Crippen LogP contribution in [0.4, 0.5) is 22.0 Å². The molecule has 1 atom stereocenters. The van der Waals surface area contributed by atoms with Gasteiger partial charge in [0, 0.05) is 24.5 Å². The zero-order chi connectivity index (χ0) is 20.8. The van der Waals surface area contributed by atoms with Gasteiger partial charge in [-0.3, -0.25) is 4.90 Å². The first-order chi connectivity index (χ1) is 14.6. The van der Waals surface area contributed by atoms with E-state index in [0.717, 1.165) is 22.8 Å². The number of carbonyl (C=O) groups excluding carboxylic acids is 1. The number of urea groups is 1. The topological polar surface area (TPSA) is 111 Å². The van der Waals surface area contributed by atoms with E-state index in [1.165, 1.54) is 11.2 Å². The fourth-order valence-corrected chi connectivity index (χ4v) is 4.06. The maximum atomic E-state index is 12.8. The summed E-state index contributed by atoms with van der Waals surface area (Å²) in [6.45, 7) is 3.70. The minimum atomic E-state index is -0.976. The van der Waals surface area contributed by atoms with Gasteiger partial charge in [0.05, 0.1) is 6.54 Å². The summed E-state index contributed by atoms with van der Waals surface area (Å²) in [6, 6.07) is 6.51. The van der Waals surface area contributed by atoms with Crippen LogP contribution in [0.5, 0.6) is 5.88 Å². The molecule has 3 aliphatic rings. The lowest BCUT2D eigenvalue weighted by Gasteiger charge is -2.28. The number of carboxylic acids is 1. The number of aliphatic carboxylic acids is 1. The molecule has 0 spiro atoms. The number of amides is 2. The second-order valence-corrected chi connectivity index (χ2v) is 7.22. The molecule has 0 bridgehead atoms. The van der Waals surface area contributed by atoms with Crippen molar-refractivity contribution in [2.75, 3.05) is 36.0 Å². The van der Waals surface area contributed by atoms with E-state index in [2.05, 4.69) is 15.0 Å². The van der Waals surface area contributed by atoms with Crippen molar-refractivity contribution in [3.63, 3.8) is 0 Å². The summed E-state index contributed by atoms with van der Waals surface area (Å²) in [5.41, 5.74) is 2.48. The highest BCUT2D eigenvalue weighted by Gasteiger charge is 2.37. The summed E-state index contributed by atoms with van der Waals surface area (Å²) in [5, 5.41) is 9.36. The van der Waals surface area contributed by atoms with E-state index < -0.39 is 12.0 Å². The van der Waals surface area contributed by atoms with Crippen LogP contribution in [0, 0.1) is 0 Å². The second kappa shape index (κ2) is 6.97. The van der Waals surface area contributed by atoms with Gasteiger partial charge in [0.2, 0.25) is 5.88 Å². The number of hydrogen-bond donors (Lipinski definition) is 1. The van der Waals surface area contributed by atoms with Crippen molar-refractivity contribution in [3.8, 4) is 5.88 Å². The van der Waals surface area contributed by atoms with Gasteiger partial charge in [0.1, 0.15) is 24.5 Å². The molecule has 2 amide bonds. The molecule has 1 fully saturated rings. The van der Waals surface area contributed by atoms with Crippen LogP contribution in [-0.4, -0.2) is 70.1 Å². The van der Waals surface area contributed by atoms with E-state index in [-0.39, 0.29) is 6.03 Å². The number of carboxylic acid groups (broad SMARTS) is 1. The molecular weight excluding hydrogens is 388 g/mol. The van der Waals surface area contributed by atoms with Gasteiger partial charge in [-0.05, 0) is 30.7 Å². The molecular formula is C20H20N6O4. The van der Waals surface area contributed by atoms with Crippen LogP contribution in [0.1, 0.15) is 18.9 Å². The predicted octanol–water partition coefficient (Wildman–Crippen LogP) is 1.87. The van der Waals surface area contributed by atoms with Gasteiger partial charge in [-0.1, -0.05) is 6.92 Å². The first-order valence-electron chi connectivity index (χ1n) is 9.84. The first kappa shape index (κ1) is 18.3. The zero-order valence-electron chi connectivity index (χ0n) is 16.4. The molecule has 5 rings (SSSR count). The van der Waals surface area contributed by atoms with Crippen LogP contribution >= 0.6 is 0 Å². The Hall–Kier alpha value is -3.69. The number of ether oxygens (including phenoxy) is 1. The lowest BCUT2D eigenvalue weighted by molar-refractivity contribution is -0.142. The smallest absolute Gasteiger partial charge is 0.326 e. The zero-order valence-corrected chi connectivity index (χ0v) is 16.4. The number of aliphatic imine (C=N–C) groups is 1. The Kier molecular flexibility index (Phi) is 4.27. The number of hydrogen-bond acceptors (Lipinski definition) is 7. The van der Waals surface area contributed by atoms with Crippen molar-refractivity contribution >= 4 is 35.0 Å². The summed E-state index contributed by atoms with van der Waals surface area (Å²) in [4.78, 5) is 42.1. The standard InChI is InChI=1S/C20H20N6O4/c1-2-14(19(27)28)26-8-7-25(20(26)29)13-5-3-12(4-6-13)24-9-10-30-18-15-16(21-11-22-18)23-17(15)24/h3-6,11,14H,2,7-10H2,1H3,(H,27,28). The van der Waals surface area contributed by atoms with Gasteiger partial charge in [-0.2, -0.15) is 0 Å². The number of anilines is 2. The Balaban J connectivity index is 1.36. The fourth-order valence-electron chi connectivity index (χ4n) is 4.06. The Morgan fingerprint density at radius 3 is 2.57 bits per heavy atom. The van der Waals surface area contributed by atoms with Crippen LogP contribution < -0.4 is 14.5 Å². The predicted molar refractivity (Wildman–Crippen MR) is 109 cm³/mol. The van der Waals surface area contributed by atoms with Gasteiger partial charge >= 0.3 is 12.0 Å². The van der Waals surface area contributed by atoms with E-state index in [1.807, 2.05) is 29.2 Å². The highest BCUT2D eigenvalue weighted by molar-refractivity contribution is 6.20. The molecule has 154 valence electrons. The molecule has 2 aromatic rings. The monoisotopic (exact) mass is 408 g/mol. The van der Waals surface area contributed by atoms with Crippen LogP contribution in [0.25, 0.3) is 0 Å². The minimum Gasteiger partial charge on any atom is -0.480 e. The molecule has 30 heavy (non-hydrogen) atoms. The van der Waals surface area contributed by atoms with Crippen LogP contribution in [0.2, 0.25) is 0 Å². The molecule has 0 aliphatic carbocycles. The van der Waals surface area contributed by atoms with Crippen molar-refractivity contribution in [1.82, 2.24) is 14.9 Å². The van der Waals surface area contributed by atoms with Gasteiger partial charge in [0.25, 0.3) is 0 Å². The molecule has 1 aromatic carbocycles. The van der Waals surface area contributed by atoms with Crippen molar-refractivity contribution in [2.45, 2.75) is 19.4 Å². The third-order valence-corrected chi connectivity index (χ3v) is 5.60. The first-order valence-corrected chi connectivity index (χ1v) is 9.84. The molecule has 1 unspecified atom stereocenters. The van der Waals surface area contributed by atoms with Crippen molar-refractivity contribution in [3.05, 3.63) is 36.2 Å². The van der Waals surface area contributed by atoms with E-state index in [4.69, 9.17) is 4.74 Å². The van der Waals surface area contributed by atoms with Gasteiger partial charge in [-0.25, -0.2) is 24.5 Å². The molecule has 4 heterocycles. The summed E-state index contributed by atoms with van der Waals surface area (Å²) < 4.78 is 5.71. The van der Waals surface area contributed by atoms with Crippen LogP contribution in [0.3, 0.4) is 0 Å². The molecule has 3 aliphatic heterocycles. The largest absolute Gasteiger partial charge is 0.480 e. The third-order valence-electron chi connectivity index (χ3n) is 5.60. The van der Waals surface area contributed by atoms with Crippen molar-refractivity contribution < 1.29 is 19.4 Å². The molecule has 1 saturated heterocycles. The molecule has 1 aromatic heterocycles. The number of benzene rings is 1. The molecule has 10 heteroatoms. The summed E-state index contributed by atoms with van der Waals surface area (Å²) in [6.07, 6.45) is 1.82. The highest BCUT2D eigenvalue weighted by Crippen LogP contribution is 2.38. The number of nitrogens with zero attached hydrogens (tertiary/aromatic N) is 6. The van der Waals surface area contributed by atoms with Crippen LogP contribution in [-0.2, 0) is 4.79 Å². The minimum absolute atomic E-state index is 0.278. The Morgan fingerprint density at radius 2 is 1.87 bits per heavy atom.